The summed E-state index contributed by atoms with van der Waals surface area (Å²) in [6.45, 7) is 0.472. The van der Waals surface area contributed by atoms with E-state index in [0.29, 0.717) is 13.0 Å². The first-order valence-electron chi connectivity index (χ1n) is 8.30. The Kier molecular flexibility index (Phi) is 5.24. The average Bonchev–Trinajstić information content (AvgIpc) is 3.05. The zero-order chi connectivity index (χ0) is 18.9. The zero-order valence-electron chi connectivity index (χ0n) is 14.1. The summed E-state index contributed by atoms with van der Waals surface area (Å²) < 4.78 is 48.5. The highest BCUT2D eigenvalue weighted by atomic mass is 19.4. The summed E-state index contributed by atoms with van der Waals surface area (Å²) in [6.07, 6.45) is -1.86. The summed E-state index contributed by atoms with van der Waals surface area (Å²) in [4.78, 5) is 13.4. The number of halogens is 3. The lowest BCUT2D eigenvalue weighted by molar-refractivity contribution is -0.141. The third-order valence-corrected chi connectivity index (χ3v) is 4.69. The number of aliphatic hydroxyl groups is 1. The summed E-state index contributed by atoms with van der Waals surface area (Å²) in [5.74, 6) is -0.111. The standard InChI is InChI=1S/C18H20F3NO4/c1-22-9-16-14(8-17(24)26-16)15(22)6-5-12(23)10-25-13-4-2-3-11(7-13)18(19,20)21/h2-7,12,14-16,23H,8-10H2,1H3/b6-5+. The smallest absolute Gasteiger partial charge is 0.416 e. The highest BCUT2D eigenvalue weighted by Gasteiger charge is 2.46. The van der Waals surface area contributed by atoms with E-state index in [-0.39, 0.29) is 36.4 Å². The van der Waals surface area contributed by atoms with E-state index in [1.54, 1.807) is 12.2 Å². The van der Waals surface area contributed by atoms with Crippen LogP contribution in [0.15, 0.2) is 36.4 Å². The van der Waals surface area contributed by atoms with E-state index < -0.39 is 17.8 Å². The van der Waals surface area contributed by atoms with E-state index in [1.807, 2.05) is 11.9 Å². The predicted molar refractivity (Wildman–Crippen MR) is 86.5 cm³/mol. The van der Waals surface area contributed by atoms with Gasteiger partial charge in [0.15, 0.2) is 0 Å². The van der Waals surface area contributed by atoms with Crippen molar-refractivity contribution >= 4 is 5.97 Å². The molecule has 0 bridgehead atoms. The van der Waals surface area contributed by atoms with Crippen LogP contribution >= 0.6 is 0 Å². The number of hydrogen-bond acceptors (Lipinski definition) is 5. The van der Waals surface area contributed by atoms with Crippen LogP contribution in [-0.2, 0) is 15.7 Å². The maximum atomic E-state index is 12.7. The maximum Gasteiger partial charge on any atom is 0.416 e. The van der Waals surface area contributed by atoms with E-state index in [1.165, 1.54) is 12.1 Å². The van der Waals surface area contributed by atoms with Gasteiger partial charge in [0.25, 0.3) is 0 Å². The second-order valence-corrected chi connectivity index (χ2v) is 6.62. The first-order valence-corrected chi connectivity index (χ1v) is 8.30. The molecule has 2 aliphatic rings. The van der Waals surface area contributed by atoms with Crippen LogP contribution in [0.2, 0.25) is 0 Å². The van der Waals surface area contributed by atoms with Gasteiger partial charge in [-0.1, -0.05) is 18.2 Å². The molecular formula is C18H20F3NO4. The number of benzene rings is 1. The van der Waals surface area contributed by atoms with Crippen LogP contribution < -0.4 is 4.74 Å². The van der Waals surface area contributed by atoms with E-state index in [2.05, 4.69) is 0 Å². The Morgan fingerprint density at radius 1 is 1.46 bits per heavy atom. The summed E-state index contributed by atoms with van der Waals surface area (Å²) >= 11 is 0. The molecule has 142 valence electrons. The third kappa shape index (κ3) is 4.19. The minimum atomic E-state index is -4.44. The lowest BCUT2D eigenvalue weighted by atomic mass is 9.96. The second-order valence-electron chi connectivity index (χ2n) is 6.62. The monoisotopic (exact) mass is 371 g/mol. The lowest BCUT2D eigenvalue weighted by Gasteiger charge is -2.19. The van der Waals surface area contributed by atoms with Crippen LogP contribution in [0, 0.1) is 5.92 Å². The number of aliphatic hydroxyl groups excluding tert-OH is 1. The van der Waals surface area contributed by atoms with Crippen LogP contribution in [0.1, 0.15) is 12.0 Å². The topological polar surface area (TPSA) is 59.0 Å². The SMILES string of the molecule is CN1CC2OC(=O)CC2C1/C=C/C(O)COc1cccc(C(F)(F)F)c1. The highest BCUT2D eigenvalue weighted by Crippen LogP contribution is 2.35. The molecule has 0 amide bonds. The van der Waals surface area contributed by atoms with Gasteiger partial charge in [0, 0.05) is 18.5 Å². The first-order chi connectivity index (χ1) is 12.2. The van der Waals surface area contributed by atoms with Crippen molar-refractivity contribution in [3.63, 3.8) is 0 Å². The number of likely N-dealkylation sites (tertiary alicyclic amines) is 1. The van der Waals surface area contributed by atoms with Crippen molar-refractivity contribution in [2.45, 2.75) is 30.8 Å². The lowest BCUT2D eigenvalue weighted by Crippen LogP contribution is -2.28. The molecule has 8 heteroatoms. The normalized spacial score (nSPS) is 27.6. The Morgan fingerprint density at radius 2 is 2.23 bits per heavy atom. The summed E-state index contributed by atoms with van der Waals surface area (Å²) in [7, 11) is 1.91. The number of fused-ring (bicyclic) bond motifs is 1. The van der Waals surface area contributed by atoms with Gasteiger partial charge in [0.05, 0.1) is 12.0 Å². The van der Waals surface area contributed by atoms with Gasteiger partial charge in [-0.3, -0.25) is 9.69 Å². The molecule has 0 radical (unpaired) electrons. The van der Waals surface area contributed by atoms with Crippen LogP contribution in [0.3, 0.4) is 0 Å². The fourth-order valence-corrected chi connectivity index (χ4v) is 3.41. The number of nitrogens with zero attached hydrogens (tertiary/aromatic N) is 1. The Hall–Kier alpha value is -2.06. The Morgan fingerprint density at radius 3 is 2.96 bits per heavy atom. The fourth-order valence-electron chi connectivity index (χ4n) is 3.41. The number of carbonyl (C=O) groups is 1. The fraction of sp³-hybridized carbons (Fsp3) is 0.500. The van der Waals surface area contributed by atoms with Crippen LogP contribution in [0.4, 0.5) is 13.2 Å². The van der Waals surface area contributed by atoms with Crippen molar-refractivity contribution in [2.24, 2.45) is 5.92 Å². The molecule has 0 aromatic heterocycles. The molecule has 4 atom stereocenters. The molecule has 0 spiro atoms. The molecule has 26 heavy (non-hydrogen) atoms. The molecule has 1 aromatic rings. The quantitative estimate of drug-likeness (QED) is 0.636. The molecule has 2 saturated heterocycles. The Balaban J connectivity index is 1.55. The maximum absolute atomic E-state index is 12.7. The first kappa shape index (κ1) is 18.7. The molecule has 2 heterocycles. The molecular weight excluding hydrogens is 351 g/mol. The second kappa shape index (κ2) is 7.28. The number of carbonyl (C=O) groups excluding carboxylic acids is 1. The van der Waals surface area contributed by atoms with Crippen LogP contribution in [-0.4, -0.2) is 54.4 Å². The van der Waals surface area contributed by atoms with Crippen molar-refractivity contribution in [3.8, 4) is 5.75 Å². The van der Waals surface area contributed by atoms with Gasteiger partial charge in [0.2, 0.25) is 0 Å². The van der Waals surface area contributed by atoms with Crippen molar-refractivity contribution in [3.05, 3.63) is 42.0 Å². The molecule has 0 saturated carbocycles. The molecule has 2 aliphatic heterocycles. The van der Waals surface area contributed by atoms with Crippen molar-refractivity contribution < 1.29 is 32.5 Å². The average molecular weight is 371 g/mol. The minimum absolute atomic E-state index is 0.0327. The molecule has 4 unspecified atom stereocenters. The number of ether oxygens (including phenoxy) is 2. The van der Waals surface area contributed by atoms with Crippen LogP contribution in [0.5, 0.6) is 5.75 Å². The number of likely N-dealkylation sites (N-methyl/N-ethyl adjacent to an activating group) is 1. The van der Waals surface area contributed by atoms with E-state index in [4.69, 9.17) is 9.47 Å². The van der Waals surface area contributed by atoms with Gasteiger partial charge < -0.3 is 14.6 Å². The molecule has 1 N–H and O–H groups in total. The van der Waals surface area contributed by atoms with E-state index >= 15 is 0 Å². The number of rotatable bonds is 5. The van der Waals surface area contributed by atoms with E-state index in [0.717, 1.165) is 12.1 Å². The molecule has 5 nitrogen and oxygen atoms in total. The van der Waals surface area contributed by atoms with Gasteiger partial charge in [-0.05, 0) is 25.2 Å². The van der Waals surface area contributed by atoms with Crippen LogP contribution in [0.25, 0.3) is 0 Å². The largest absolute Gasteiger partial charge is 0.491 e. The van der Waals surface area contributed by atoms with Gasteiger partial charge in [0.1, 0.15) is 24.6 Å². The number of hydrogen-bond donors (Lipinski definition) is 1. The minimum Gasteiger partial charge on any atom is -0.491 e. The molecule has 0 aliphatic carbocycles. The molecule has 1 aromatic carbocycles. The summed E-state index contributed by atoms with van der Waals surface area (Å²) in [5.41, 5.74) is -0.801. The Bertz CT molecular complexity index is 691. The third-order valence-electron chi connectivity index (χ3n) is 4.69. The number of alkyl halides is 3. The van der Waals surface area contributed by atoms with Crippen molar-refractivity contribution in [2.75, 3.05) is 20.2 Å². The van der Waals surface area contributed by atoms with Crippen molar-refractivity contribution in [1.82, 2.24) is 4.90 Å². The van der Waals surface area contributed by atoms with Gasteiger partial charge in [-0.2, -0.15) is 13.2 Å². The molecule has 3 rings (SSSR count). The highest BCUT2D eigenvalue weighted by molar-refractivity contribution is 5.72. The summed E-state index contributed by atoms with van der Waals surface area (Å²) in [6, 6.07) is 4.48. The van der Waals surface area contributed by atoms with E-state index in [9.17, 15) is 23.1 Å². The number of esters is 1. The molecule has 2 fully saturated rings. The van der Waals surface area contributed by atoms with Gasteiger partial charge in [-0.15, -0.1) is 0 Å². The van der Waals surface area contributed by atoms with Crippen molar-refractivity contribution in [1.29, 1.82) is 0 Å². The predicted octanol–water partition coefficient (Wildman–Crippen LogP) is 2.25. The Labute approximate surface area is 149 Å². The van der Waals surface area contributed by atoms with Gasteiger partial charge >= 0.3 is 12.1 Å². The summed E-state index contributed by atoms with van der Waals surface area (Å²) in [5, 5.41) is 10.0. The van der Waals surface area contributed by atoms with Gasteiger partial charge in [-0.25, -0.2) is 0 Å². The zero-order valence-corrected chi connectivity index (χ0v) is 14.1.